The second-order valence-corrected chi connectivity index (χ2v) is 6.52. The van der Waals surface area contributed by atoms with Crippen LogP contribution in [0.25, 0.3) is 0 Å². The zero-order chi connectivity index (χ0) is 11.3. The van der Waals surface area contributed by atoms with E-state index in [0.29, 0.717) is 5.75 Å². The van der Waals surface area contributed by atoms with Gasteiger partial charge in [0.05, 0.1) is 5.75 Å². The van der Waals surface area contributed by atoms with Crippen molar-refractivity contribution >= 4 is 10.0 Å². The molecule has 15 heavy (non-hydrogen) atoms. The Morgan fingerprint density at radius 3 is 2.27 bits per heavy atom. The van der Waals surface area contributed by atoms with Gasteiger partial charge in [0.25, 0.3) is 0 Å². The van der Waals surface area contributed by atoms with Gasteiger partial charge < -0.3 is 4.90 Å². The van der Waals surface area contributed by atoms with Crippen LogP contribution in [0.4, 0.5) is 0 Å². The van der Waals surface area contributed by atoms with Gasteiger partial charge in [-0.15, -0.1) is 0 Å². The topological polar surface area (TPSA) is 40.6 Å². The van der Waals surface area contributed by atoms with Gasteiger partial charge in [-0.05, 0) is 39.9 Å². The van der Waals surface area contributed by atoms with Gasteiger partial charge >= 0.3 is 0 Å². The normalized spacial score (nSPS) is 19.7. The number of nitrogens with zero attached hydrogens (tertiary/aromatic N) is 2. The molecule has 0 aromatic carbocycles. The van der Waals surface area contributed by atoms with Crippen LogP contribution in [-0.4, -0.2) is 57.1 Å². The third kappa shape index (κ3) is 4.49. The van der Waals surface area contributed by atoms with Gasteiger partial charge in [-0.2, -0.15) is 0 Å². The molecule has 1 saturated heterocycles. The minimum absolute atomic E-state index is 0.297. The average Bonchev–Trinajstić information content (AvgIpc) is 2.18. The zero-order valence-corrected chi connectivity index (χ0v) is 10.6. The first kappa shape index (κ1) is 12.9. The highest BCUT2D eigenvalue weighted by Crippen LogP contribution is 2.13. The number of hydrogen-bond acceptors (Lipinski definition) is 3. The molecule has 1 aliphatic heterocycles. The van der Waals surface area contributed by atoms with E-state index in [-0.39, 0.29) is 0 Å². The molecule has 0 amide bonds. The number of sulfonamides is 1. The van der Waals surface area contributed by atoms with Crippen LogP contribution in [-0.2, 0) is 10.0 Å². The quantitative estimate of drug-likeness (QED) is 0.705. The summed E-state index contributed by atoms with van der Waals surface area (Å²) in [5.41, 5.74) is 0. The van der Waals surface area contributed by atoms with Crippen LogP contribution in [0.15, 0.2) is 0 Å². The molecule has 4 nitrogen and oxygen atoms in total. The lowest BCUT2D eigenvalue weighted by atomic mass is 10.2. The fourth-order valence-corrected chi connectivity index (χ4v) is 3.40. The number of piperidine rings is 1. The van der Waals surface area contributed by atoms with Crippen molar-refractivity contribution in [3.05, 3.63) is 0 Å². The molecule has 0 unspecified atom stereocenters. The second-order valence-electron chi connectivity index (χ2n) is 4.43. The largest absolute Gasteiger partial charge is 0.309 e. The Balaban J connectivity index is 2.36. The standard InChI is InChI=1S/C10H22N2O2S/c1-11(2)7-6-10-15(13,14)12-8-4-3-5-9-12/h3-10H2,1-2H3. The molecule has 0 aromatic rings. The summed E-state index contributed by atoms with van der Waals surface area (Å²) in [7, 11) is 0.959. The lowest BCUT2D eigenvalue weighted by Gasteiger charge is -2.26. The molecule has 1 fully saturated rings. The van der Waals surface area contributed by atoms with E-state index >= 15 is 0 Å². The Labute approximate surface area is 93.3 Å². The first-order valence-electron chi connectivity index (χ1n) is 5.65. The zero-order valence-electron chi connectivity index (χ0n) is 9.78. The molecule has 0 aromatic heterocycles. The van der Waals surface area contributed by atoms with E-state index < -0.39 is 10.0 Å². The van der Waals surface area contributed by atoms with Crippen molar-refractivity contribution in [1.82, 2.24) is 9.21 Å². The number of hydrogen-bond donors (Lipinski definition) is 0. The summed E-state index contributed by atoms with van der Waals surface area (Å²) in [5, 5.41) is 0. The minimum Gasteiger partial charge on any atom is -0.309 e. The van der Waals surface area contributed by atoms with E-state index in [9.17, 15) is 8.42 Å². The molecule has 1 aliphatic rings. The Kier molecular flexibility index (Phi) is 5.02. The van der Waals surface area contributed by atoms with E-state index in [1.54, 1.807) is 4.31 Å². The van der Waals surface area contributed by atoms with E-state index in [1.165, 1.54) is 6.42 Å². The maximum Gasteiger partial charge on any atom is 0.214 e. The lowest BCUT2D eigenvalue weighted by Crippen LogP contribution is -2.37. The van der Waals surface area contributed by atoms with Gasteiger partial charge in [-0.1, -0.05) is 6.42 Å². The van der Waals surface area contributed by atoms with E-state index in [0.717, 1.165) is 38.9 Å². The summed E-state index contributed by atoms with van der Waals surface area (Å²) in [6.07, 6.45) is 3.94. The van der Waals surface area contributed by atoms with Crippen molar-refractivity contribution in [3.8, 4) is 0 Å². The van der Waals surface area contributed by atoms with Crippen molar-refractivity contribution in [3.63, 3.8) is 0 Å². The van der Waals surface area contributed by atoms with Crippen molar-refractivity contribution < 1.29 is 8.42 Å². The summed E-state index contributed by atoms with van der Waals surface area (Å²) < 4.78 is 25.4. The highest BCUT2D eigenvalue weighted by Gasteiger charge is 2.22. The van der Waals surface area contributed by atoms with Gasteiger partial charge in [-0.3, -0.25) is 0 Å². The first-order valence-corrected chi connectivity index (χ1v) is 7.26. The minimum atomic E-state index is -2.97. The van der Waals surface area contributed by atoms with E-state index in [1.807, 2.05) is 19.0 Å². The smallest absolute Gasteiger partial charge is 0.214 e. The van der Waals surface area contributed by atoms with Crippen LogP contribution in [0.5, 0.6) is 0 Å². The van der Waals surface area contributed by atoms with Gasteiger partial charge in [0, 0.05) is 13.1 Å². The van der Waals surface area contributed by atoms with Crippen LogP contribution in [0, 0.1) is 0 Å². The molecule has 0 spiro atoms. The van der Waals surface area contributed by atoms with E-state index in [2.05, 4.69) is 0 Å². The highest BCUT2D eigenvalue weighted by molar-refractivity contribution is 7.89. The summed E-state index contributed by atoms with van der Waals surface area (Å²) >= 11 is 0. The van der Waals surface area contributed by atoms with Crippen molar-refractivity contribution in [2.45, 2.75) is 25.7 Å². The van der Waals surface area contributed by atoms with Crippen molar-refractivity contribution in [1.29, 1.82) is 0 Å². The Hall–Kier alpha value is -0.130. The maximum atomic E-state index is 11.9. The van der Waals surface area contributed by atoms with E-state index in [4.69, 9.17) is 0 Å². The van der Waals surface area contributed by atoms with Crippen LogP contribution < -0.4 is 0 Å². The molecule has 0 bridgehead atoms. The molecule has 0 atom stereocenters. The maximum absolute atomic E-state index is 11.9. The Morgan fingerprint density at radius 1 is 1.13 bits per heavy atom. The van der Waals surface area contributed by atoms with Gasteiger partial charge in [-0.25, -0.2) is 12.7 Å². The van der Waals surface area contributed by atoms with Crippen LogP contribution in [0.2, 0.25) is 0 Å². The summed E-state index contributed by atoms with van der Waals surface area (Å²) in [4.78, 5) is 2.02. The van der Waals surface area contributed by atoms with Crippen LogP contribution >= 0.6 is 0 Å². The summed E-state index contributed by atoms with van der Waals surface area (Å²) in [6.45, 7) is 2.29. The predicted octanol–water partition coefficient (Wildman–Crippen LogP) is 0.754. The average molecular weight is 234 g/mol. The van der Waals surface area contributed by atoms with Gasteiger partial charge in [0.1, 0.15) is 0 Å². The SMILES string of the molecule is CN(C)CCCS(=O)(=O)N1CCCCC1. The monoisotopic (exact) mass is 234 g/mol. The van der Waals surface area contributed by atoms with Crippen LogP contribution in [0.1, 0.15) is 25.7 Å². The summed E-state index contributed by atoms with van der Waals surface area (Å²) in [6, 6.07) is 0. The Morgan fingerprint density at radius 2 is 1.73 bits per heavy atom. The highest BCUT2D eigenvalue weighted by atomic mass is 32.2. The Bertz CT molecular complexity index is 269. The molecule has 0 saturated carbocycles. The van der Waals surface area contributed by atoms with Gasteiger partial charge in [0.15, 0.2) is 0 Å². The summed E-state index contributed by atoms with van der Waals surface area (Å²) in [5.74, 6) is 0.297. The van der Waals surface area contributed by atoms with Crippen molar-refractivity contribution in [2.75, 3.05) is 39.5 Å². The second kappa shape index (κ2) is 5.82. The third-order valence-electron chi connectivity index (χ3n) is 2.72. The van der Waals surface area contributed by atoms with Crippen LogP contribution in [0.3, 0.4) is 0 Å². The molecule has 0 radical (unpaired) electrons. The molecule has 0 N–H and O–H groups in total. The lowest BCUT2D eigenvalue weighted by molar-refractivity contribution is 0.344. The molecular weight excluding hydrogens is 212 g/mol. The molecular formula is C10H22N2O2S. The fraction of sp³-hybridized carbons (Fsp3) is 1.00. The molecule has 0 aliphatic carbocycles. The fourth-order valence-electron chi connectivity index (χ4n) is 1.84. The third-order valence-corrected chi connectivity index (χ3v) is 4.67. The van der Waals surface area contributed by atoms with Gasteiger partial charge in [0.2, 0.25) is 10.0 Å². The molecule has 90 valence electrons. The predicted molar refractivity (Wildman–Crippen MR) is 62.4 cm³/mol. The molecule has 5 heteroatoms. The van der Waals surface area contributed by atoms with Crippen molar-refractivity contribution in [2.24, 2.45) is 0 Å². The first-order chi connectivity index (χ1) is 7.02. The molecule has 1 rings (SSSR count). The number of rotatable bonds is 5. The molecule has 1 heterocycles.